The first-order valence-electron chi connectivity index (χ1n) is 11.5. The van der Waals surface area contributed by atoms with Gasteiger partial charge in [-0.15, -0.1) is 0 Å². The van der Waals surface area contributed by atoms with Crippen LogP contribution in [0.25, 0.3) is 10.9 Å². The third-order valence-corrected chi connectivity index (χ3v) is 6.94. The number of thioether (sulfide) groups is 1. The van der Waals surface area contributed by atoms with E-state index in [0.717, 1.165) is 65.1 Å². The lowest BCUT2D eigenvalue weighted by Crippen LogP contribution is -2.36. The monoisotopic (exact) mass is 480 g/mol. The molecule has 9 heteroatoms. The van der Waals surface area contributed by atoms with E-state index in [9.17, 15) is 4.79 Å². The maximum absolute atomic E-state index is 13.1. The number of hydrogen-bond donors (Lipinski definition) is 0. The number of nitrogens with zero attached hydrogens (tertiary/aromatic N) is 4. The fraction of sp³-hybridized carbons (Fsp3) is 0.400. The molecule has 0 N–H and O–H groups in total. The molecule has 5 rings (SSSR count). The summed E-state index contributed by atoms with van der Waals surface area (Å²) in [5, 5.41) is 1.83. The van der Waals surface area contributed by atoms with Crippen LogP contribution in [0.4, 0.5) is 0 Å². The Hall–Kier alpha value is -2.88. The van der Waals surface area contributed by atoms with E-state index in [1.807, 2.05) is 54.3 Å². The molecule has 2 aliphatic heterocycles. The predicted octanol–water partition coefficient (Wildman–Crippen LogP) is 3.33. The van der Waals surface area contributed by atoms with E-state index in [1.165, 1.54) is 11.8 Å². The minimum absolute atomic E-state index is 0.0718. The van der Waals surface area contributed by atoms with Crippen LogP contribution in [-0.4, -0.2) is 71.1 Å². The SMILES string of the molecule is CCN(Cc1ccc2c(c1)OCO2)C(=O)CSc1nc(CN2CCOCC2)nc2ccccc12. The topological polar surface area (TPSA) is 77.0 Å². The Morgan fingerprint density at radius 2 is 1.91 bits per heavy atom. The highest BCUT2D eigenvalue weighted by Gasteiger charge is 2.19. The van der Waals surface area contributed by atoms with Gasteiger partial charge in [-0.2, -0.15) is 0 Å². The van der Waals surface area contributed by atoms with Gasteiger partial charge < -0.3 is 19.1 Å². The standard InChI is InChI=1S/C25H28N4O4S/c1-2-29(14-18-7-8-21-22(13-18)33-17-32-21)24(30)16-34-25-19-5-3-4-6-20(19)26-23(27-25)15-28-9-11-31-12-10-28/h3-8,13H,2,9-12,14-17H2,1H3. The van der Waals surface area contributed by atoms with E-state index in [1.54, 1.807) is 0 Å². The summed E-state index contributed by atoms with van der Waals surface area (Å²) < 4.78 is 16.3. The molecule has 3 aromatic rings. The van der Waals surface area contributed by atoms with Crippen molar-refractivity contribution in [1.29, 1.82) is 0 Å². The first-order chi connectivity index (χ1) is 16.7. The van der Waals surface area contributed by atoms with Crippen molar-refractivity contribution in [2.24, 2.45) is 0 Å². The number of carbonyl (C=O) groups excluding carboxylic acids is 1. The number of rotatable bonds is 8. The number of benzene rings is 2. The van der Waals surface area contributed by atoms with Crippen molar-refractivity contribution >= 4 is 28.6 Å². The van der Waals surface area contributed by atoms with Gasteiger partial charge in [0.05, 0.1) is 31.0 Å². The zero-order valence-electron chi connectivity index (χ0n) is 19.2. The summed E-state index contributed by atoms with van der Waals surface area (Å²) in [6.45, 7) is 7.30. The number of fused-ring (bicyclic) bond motifs is 2. The summed E-state index contributed by atoms with van der Waals surface area (Å²) in [5.74, 6) is 2.65. The Morgan fingerprint density at radius 3 is 2.76 bits per heavy atom. The maximum atomic E-state index is 13.1. The van der Waals surface area contributed by atoms with Gasteiger partial charge in [-0.3, -0.25) is 9.69 Å². The van der Waals surface area contributed by atoms with Gasteiger partial charge >= 0.3 is 0 Å². The van der Waals surface area contributed by atoms with Gasteiger partial charge in [-0.1, -0.05) is 36.0 Å². The Labute approximate surface area is 203 Å². The molecule has 2 aliphatic rings. The van der Waals surface area contributed by atoms with Crippen molar-refractivity contribution in [1.82, 2.24) is 19.8 Å². The summed E-state index contributed by atoms with van der Waals surface area (Å²) >= 11 is 1.48. The second kappa shape index (κ2) is 10.6. The average molecular weight is 481 g/mol. The Kier molecular flexibility index (Phi) is 7.13. The van der Waals surface area contributed by atoms with Gasteiger partial charge in [-0.25, -0.2) is 9.97 Å². The maximum Gasteiger partial charge on any atom is 0.233 e. The molecule has 0 aliphatic carbocycles. The molecule has 1 saturated heterocycles. The lowest BCUT2D eigenvalue weighted by Gasteiger charge is -2.26. The number of carbonyl (C=O) groups is 1. The fourth-order valence-electron chi connectivity index (χ4n) is 4.09. The van der Waals surface area contributed by atoms with Gasteiger partial charge in [0, 0.05) is 31.6 Å². The minimum atomic E-state index is 0.0718. The van der Waals surface area contributed by atoms with Gasteiger partial charge in [0.1, 0.15) is 10.9 Å². The van der Waals surface area contributed by atoms with Gasteiger partial charge in [0.15, 0.2) is 11.5 Å². The van der Waals surface area contributed by atoms with E-state index in [4.69, 9.17) is 24.2 Å². The Morgan fingerprint density at radius 1 is 1.09 bits per heavy atom. The van der Waals surface area contributed by atoms with Crippen molar-refractivity contribution in [3.8, 4) is 11.5 Å². The van der Waals surface area contributed by atoms with Gasteiger partial charge in [-0.05, 0) is 30.7 Å². The molecule has 2 aromatic carbocycles. The fourth-order valence-corrected chi connectivity index (χ4v) is 5.03. The predicted molar refractivity (Wildman–Crippen MR) is 130 cm³/mol. The zero-order chi connectivity index (χ0) is 23.3. The van der Waals surface area contributed by atoms with E-state index < -0.39 is 0 Å². The van der Waals surface area contributed by atoms with E-state index >= 15 is 0 Å². The number of hydrogen-bond acceptors (Lipinski definition) is 8. The molecule has 178 valence electrons. The molecule has 1 amide bonds. The van der Waals surface area contributed by atoms with Crippen LogP contribution >= 0.6 is 11.8 Å². The van der Waals surface area contributed by atoms with Crippen molar-refractivity contribution in [2.75, 3.05) is 45.4 Å². The molecule has 0 bridgehead atoms. The van der Waals surface area contributed by atoms with Crippen LogP contribution in [0.3, 0.4) is 0 Å². The molecule has 0 unspecified atom stereocenters. The Bertz CT molecular complexity index is 1170. The number of ether oxygens (including phenoxy) is 3. The highest BCUT2D eigenvalue weighted by atomic mass is 32.2. The molecule has 1 fully saturated rings. The second-order valence-corrected chi connectivity index (χ2v) is 9.20. The van der Waals surface area contributed by atoms with Crippen molar-refractivity contribution in [3.05, 3.63) is 53.9 Å². The second-order valence-electron chi connectivity index (χ2n) is 8.23. The van der Waals surface area contributed by atoms with Crippen LogP contribution in [0.15, 0.2) is 47.5 Å². The molecule has 8 nitrogen and oxygen atoms in total. The first-order valence-corrected chi connectivity index (χ1v) is 12.5. The summed E-state index contributed by atoms with van der Waals surface area (Å²) in [6, 6.07) is 13.8. The van der Waals surface area contributed by atoms with Crippen LogP contribution in [-0.2, 0) is 22.6 Å². The van der Waals surface area contributed by atoms with Crippen LogP contribution in [0.5, 0.6) is 11.5 Å². The highest BCUT2D eigenvalue weighted by Crippen LogP contribution is 2.33. The zero-order valence-corrected chi connectivity index (χ0v) is 20.1. The summed E-state index contributed by atoms with van der Waals surface area (Å²) in [5.41, 5.74) is 1.92. The van der Waals surface area contributed by atoms with Crippen LogP contribution in [0.2, 0.25) is 0 Å². The quantitative estimate of drug-likeness (QED) is 0.359. The number of para-hydroxylation sites is 1. The normalized spacial score (nSPS) is 15.6. The van der Waals surface area contributed by atoms with E-state index in [-0.39, 0.29) is 12.7 Å². The summed E-state index contributed by atoms with van der Waals surface area (Å²) in [7, 11) is 0. The largest absolute Gasteiger partial charge is 0.454 e. The molecular formula is C25H28N4O4S. The number of morpholine rings is 1. The van der Waals surface area contributed by atoms with Gasteiger partial charge in [0.2, 0.25) is 12.7 Å². The summed E-state index contributed by atoms with van der Waals surface area (Å²) in [4.78, 5) is 26.9. The molecule has 0 saturated carbocycles. The molecule has 0 radical (unpaired) electrons. The van der Waals surface area contributed by atoms with Crippen molar-refractivity contribution < 1.29 is 19.0 Å². The Balaban J connectivity index is 1.28. The highest BCUT2D eigenvalue weighted by molar-refractivity contribution is 8.00. The van der Waals surface area contributed by atoms with Crippen molar-refractivity contribution in [2.45, 2.75) is 25.0 Å². The smallest absolute Gasteiger partial charge is 0.233 e. The van der Waals surface area contributed by atoms with Crippen LogP contribution in [0, 0.1) is 0 Å². The summed E-state index contributed by atoms with van der Waals surface area (Å²) in [6.07, 6.45) is 0. The van der Waals surface area contributed by atoms with Crippen molar-refractivity contribution in [3.63, 3.8) is 0 Å². The molecule has 3 heterocycles. The van der Waals surface area contributed by atoms with Gasteiger partial charge in [0.25, 0.3) is 0 Å². The molecule has 34 heavy (non-hydrogen) atoms. The van der Waals surface area contributed by atoms with Crippen LogP contribution in [0.1, 0.15) is 18.3 Å². The third-order valence-electron chi connectivity index (χ3n) is 5.96. The molecule has 0 spiro atoms. The average Bonchev–Trinajstić information content (AvgIpc) is 3.34. The molecule has 1 aromatic heterocycles. The first kappa shape index (κ1) is 22.9. The van der Waals surface area contributed by atoms with E-state index in [0.29, 0.717) is 25.4 Å². The number of amides is 1. The van der Waals surface area contributed by atoms with E-state index in [2.05, 4.69) is 4.90 Å². The third kappa shape index (κ3) is 5.27. The van der Waals surface area contributed by atoms with Crippen LogP contribution < -0.4 is 9.47 Å². The molecular weight excluding hydrogens is 452 g/mol. The lowest BCUT2D eigenvalue weighted by molar-refractivity contribution is -0.128. The minimum Gasteiger partial charge on any atom is -0.454 e. The molecule has 0 atom stereocenters. The number of aromatic nitrogens is 2. The lowest BCUT2D eigenvalue weighted by atomic mass is 10.2.